The molecule has 1 saturated carbocycles. The Morgan fingerprint density at radius 1 is 0.800 bits per heavy atom. The first-order chi connectivity index (χ1) is 14.8. The molecule has 2 nitrogen and oxygen atoms in total. The fourth-order valence-electron chi connectivity index (χ4n) is 7.67. The van der Waals surface area contributed by atoms with Crippen LogP contribution in [0.15, 0.2) is 36.0 Å². The van der Waals surface area contributed by atoms with Crippen molar-refractivity contribution in [2.75, 3.05) is 32.7 Å². The van der Waals surface area contributed by atoms with Gasteiger partial charge in [0.05, 0.1) is 0 Å². The van der Waals surface area contributed by atoms with Crippen LogP contribution in [0.4, 0.5) is 0 Å². The molecule has 0 N–H and O–H groups in total. The third-order valence-electron chi connectivity index (χ3n) is 9.07. The maximum atomic E-state index is 2.97. The van der Waals surface area contributed by atoms with Crippen molar-refractivity contribution in [3.05, 3.63) is 36.0 Å². The maximum Gasteiger partial charge on any atom is 0.0310 e. The van der Waals surface area contributed by atoms with Gasteiger partial charge in [0.25, 0.3) is 0 Å². The Hall–Kier alpha value is -0.860. The first kappa shape index (κ1) is 21.0. The Morgan fingerprint density at radius 2 is 1.60 bits per heavy atom. The lowest BCUT2D eigenvalue weighted by molar-refractivity contribution is -0.108. The summed E-state index contributed by atoms with van der Waals surface area (Å²) >= 11 is 0. The second-order valence-electron chi connectivity index (χ2n) is 11.1. The third kappa shape index (κ3) is 4.51. The number of nitrogens with zero attached hydrogens (tertiary/aromatic N) is 2. The fourth-order valence-corrected chi connectivity index (χ4v) is 7.67. The average molecular weight is 409 g/mol. The van der Waals surface area contributed by atoms with Crippen LogP contribution in [0.1, 0.15) is 83.5 Å². The molecule has 5 aliphatic rings. The third-order valence-corrected chi connectivity index (χ3v) is 9.07. The van der Waals surface area contributed by atoms with Gasteiger partial charge in [0.1, 0.15) is 0 Å². The van der Waals surface area contributed by atoms with E-state index in [1.165, 1.54) is 110 Å². The Bertz CT molecular complexity index is 662. The molecule has 0 radical (unpaired) electrons. The van der Waals surface area contributed by atoms with Crippen molar-refractivity contribution >= 4 is 0 Å². The lowest BCUT2D eigenvalue weighted by Gasteiger charge is -2.62. The smallest absolute Gasteiger partial charge is 0.0310 e. The number of hydrogen-bond donors (Lipinski definition) is 0. The van der Waals surface area contributed by atoms with Crippen LogP contribution < -0.4 is 0 Å². The van der Waals surface area contributed by atoms with Crippen molar-refractivity contribution in [2.45, 2.75) is 89.5 Å². The van der Waals surface area contributed by atoms with Crippen molar-refractivity contribution in [3.63, 3.8) is 0 Å². The first-order valence-corrected chi connectivity index (χ1v) is 13.3. The molecule has 2 heteroatoms. The number of piperidine rings is 2. The molecule has 0 aromatic heterocycles. The highest BCUT2D eigenvalue weighted by atomic mass is 15.2. The molecule has 1 aliphatic carbocycles. The molecule has 5 rings (SSSR count). The molecule has 4 heterocycles. The standard InChI is InChI=1S/C28H44N2/c1-2-5-9-13-17-29-21-25-19-24-15-11-7-3-6-10-14-18-30-23-28(22-29,16-12-8-4-1)26(25)20-27(24)30/h3-4,7-8,15,25-27H,1-2,5-6,9-14,16-23H2/b7-3+,8-4-,24-15+/t25-,26+,27-,28-/m1/s1. The predicted molar refractivity (Wildman–Crippen MR) is 128 cm³/mol. The SMILES string of the molecule is C1=C\CC[C@@]23CN(CCCCCC/1)C[C@H]1C/C4=C\C/C=C/CCCCN(C2)[C@@H]4C[C@@H]13. The maximum absolute atomic E-state index is 2.97. The number of allylic oxidation sites excluding steroid dienone is 5. The van der Waals surface area contributed by atoms with Gasteiger partial charge in [-0.2, -0.15) is 0 Å². The van der Waals surface area contributed by atoms with E-state index in [-0.39, 0.29) is 0 Å². The molecule has 2 saturated heterocycles. The van der Waals surface area contributed by atoms with Crippen molar-refractivity contribution in [1.29, 1.82) is 0 Å². The van der Waals surface area contributed by atoms with E-state index in [2.05, 4.69) is 40.2 Å². The largest absolute Gasteiger partial charge is 0.302 e. The zero-order valence-electron chi connectivity index (χ0n) is 19.2. The quantitative estimate of drug-likeness (QED) is 0.431. The number of hydrogen-bond acceptors (Lipinski definition) is 2. The van der Waals surface area contributed by atoms with Gasteiger partial charge >= 0.3 is 0 Å². The van der Waals surface area contributed by atoms with Crippen LogP contribution in [-0.2, 0) is 0 Å². The second kappa shape index (κ2) is 9.74. The second-order valence-corrected chi connectivity index (χ2v) is 11.1. The molecule has 166 valence electrons. The van der Waals surface area contributed by atoms with Gasteiger partial charge in [0.2, 0.25) is 0 Å². The van der Waals surface area contributed by atoms with Crippen molar-refractivity contribution in [1.82, 2.24) is 9.80 Å². The minimum Gasteiger partial charge on any atom is -0.302 e. The normalized spacial score (nSPS) is 44.7. The fraction of sp³-hybridized carbons (Fsp3) is 0.786. The summed E-state index contributed by atoms with van der Waals surface area (Å²) in [7, 11) is 0. The highest BCUT2D eigenvalue weighted by Crippen LogP contribution is 2.55. The summed E-state index contributed by atoms with van der Waals surface area (Å²) in [5.41, 5.74) is 2.35. The van der Waals surface area contributed by atoms with Crippen molar-refractivity contribution in [3.8, 4) is 0 Å². The molecule has 4 aliphatic heterocycles. The van der Waals surface area contributed by atoms with Gasteiger partial charge in [-0.05, 0) is 101 Å². The van der Waals surface area contributed by atoms with Gasteiger partial charge in [-0.25, -0.2) is 0 Å². The number of rotatable bonds is 0. The van der Waals surface area contributed by atoms with Crippen molar-refractivity contribution < 1.29 is 0 Å². The van der Waals surface area contributed by atoms with Gasteiger partial charge in [-0.1, -0.05) is 48.8 Å². The topological polar surface area (TPSA) is 6.48 Å². The molecule has 0 aromatic carbocycles. The van der Waals surface area contributed by atoms with E-state index in [1.807, 2.05) is 0 Å². The predicted octanol–water partition coefficient (Wildman–Crippen LogP) is 6.36. The van der Waals surface area contributed by atoms with Crippen molar-refractivity contribution in [2.24, 2.45) is 17.3 Å². The van der Waals surface area contributed by atoms with Gasteiger partial charge in [-0.15, -0.1) is 0 Å². The lowest BCUT2D eigenvalue weighted by atomic mass is 9.54. The summed E-state index contributed by atoms with van der Waals surface area (Å²) < 4.78 is 0. The Labute approximate surface area is 185 Å². The van der Waals surface area contributed by atoms with Crippen LogP contribution in [0, 0.1) is 17.3 Å². The Balaban J connectivity index is 1.44. The molecule has 4 bridgehead atoms. The first-order valence-electron chi connectivity index (χ1n) is 13.3. The van der Waals surface area contributed by atoms with Crippen LogP contribution in [0.5, 0.6) is 0 Å². The average Bonchev–Trinajstić information content (AvgIpc) is 2.78. The van der Waals surface area contributed by atoms with E-state index in [1.54, 1.807) is 5.57 Å². The van der Waals surface area contributed by atoms with E-state index in [0.29, 0.717) is 5.41 Å². The van der Waals surface area contributed by atoms with Crippen LogP contribution in [0.3, 0.4) is 0 Å². The molecule has 5 atom stereocenters. The van der Waals surface area contributed by atoms with E-state index in [0.717, 1.165) is 24.3 Å². The number of fused-ring (bicyclic) bond motifs is 1. The van der Waals surface area contributed by atoms with Crippen LogP contribution in [0.25, 0.3) is 0 Å². The minimum absolute atomic E-state index is 0.543. The molecular weight excluding hydrogens is 364 g/mol. The highest BCUT2D eigenvalue weighted by molar-refractivity contribution is 5.23. The lowest BCUT2D eigenvalue weighted by Crippen LogP contribution is -2.66. The summed E-state index contributed by atoms with van der Waals surface area (Å²) in [5.74, 6) is 1.87. The van der Waals surface area contributed by atoms with Gasteiger partial charge in [0, 0.05) is 25.7 Å². The van der Waals surface area contributed by atoms with Gasteiger partial charge in [-0.3, -0.25) is 4.90 Å². The summed E-state index contributed by atoms with van der Waals surface area (Å²) in [6.45, 7) is 6.80. The minimum atomic E-state index is 0.543. The summed E-state index contributed by atoms with van der Waals surface area (Å²) in [6.07, 6.45) is 30.3. The van der Waals surface area contributed by atoms with E-state index in [4.69, 9.17) is 0 Å². The molecule has 1 spiro atoms. The summed E-state index contributed by atoms with van der Waals surface area (Å²) in [5, 5.41) is 0. The Kier molecular flexibility index (Phi) is 6.82. The molecular formula is C28H44N2. The van der Waals surface area contributed by atoms with Crippen LogP contribution in [0.2, 0.25) is 0 Å². The molecule has 1 unspecified atom stereocenters. The van der Waals surface area contributed by atoms with Crippen LogP contribution in [-0.4, -0.2) is 48.6 Å². The molecule has 0 aromatic rings. The molecule has 3 fully saturated rings. The Morgan fingerprint density at radius 3 is 2.57 bits per heavy atom. The highest BCUT2D eigenvalue weighted by Gasteiger charge is 2.55. The van der Waals surface area contributed by atoms with E-state index < -0.39 is 0 Å². The van der Waals surface area contributed by atoms with E-state index >= 15 is 0 Å². The molecule has 0 amide bonds. The zero-order chi connectivity index (χ0) is 20.2. The van der Waals surface area contributed by atoms with Gasteiger partial charge < -0.3 is 4.90 Å². The zero-order valence-corrected chi connectivity index (χ0v) is 19.2. The summed E-state index contributed by atoms with van der Waals surface area (Å²) in [4.78, 5) is 5.89. The van der Waals surface area contributed by atoms with Gasteiger partial charge in [0.15, 0.2) is 0 Å². The van der Waals surface area contributed by atoms with E-state index in [9.17, 15) is 0 Å². The monoisotopic (exact) mass is 408 g/mol. The summed E-state index contributed by atoms with van der Waals surface area (Å²) in [6, 6.07) is 0.759. The van der Waals surface area contributed by atoms with Crippen LogP contribution >= 0.6 is 0 Å². The molecule has 30 heavy (non-hydrogen) atoms.